The van der Waals surface area contributed by atoms with E-state index in [4.69, 9.17) is 5.73 Å². The Morgan fingerprint density at radius 3 is 2.62 bits per heavy atom. The van der Waals surface area contributed by atoms with Gasteiger partial charge in [0.05, 0.1) is 5.69 Å². The molecule has 4 N–H and O–H groups in total. The average molecular weight is 390 g/mol. The van der Waals surface area contributed by atoms with E-state index in [0.717, 1.165) is 34.6 Å². The summed E-state index contributed by atoms with van der Waals surface area (Å²) in [5.74, 6) is 0.887. The SMILES string of the molecule is CCC(C)CNC(=O)c1ccc(Nc2nccc(-c3cccc(N)c3C)n2)cc1. The Bertz CT molecular complexity index is 985. The number of benzene rings is 2. The number of nitrogens with two attached hydrogens (primary N) is 1. The van der Waals surface area contributed by atoms with Crippen molar-refractivity contribution in [2.45, 2.75) is 27.2 Å². The largest absolute Gasteiger partial charge is 0.398 e. The molecule has 2 aromatic carbocycles. The van der Waals surface area contributed by atoms with Gasteiger partial charge >= 0.3 is 0 Å². The third-order valence-corrected chi connectivity index (χ3v) is 5.02. The van der Waals surface area contributed by atoms with Crippen LogP contribution in [0, 0.1) is 12.8 Å². The highest BCUT2D eigenvalue weighted by atomic mass is 16.1. The Kier molecular flexibility index (Phi) is 6.44. The van der Waals surface area contributed by atoms with E-state index in [-0.39, 0.29) is 5.91 Å². The fourth-order valence-corrected chi connectivity index (χ4v) is 2.85. The standard InChI is InChI=1S/C23H27N5O/c1-4-15(2)14-26-22(29)17-8-10-18(11-9-17)27-23-25-13-12-21(28-23)19-6-5-7-20(24)16(19)3/h5-13,15H,4,14,24H2,1-3H3,(H,26,29)(H,25,27,28). The number of nitrogen functional groups attached to an aromatic ring is 1. The molecule has 0 aliphatic rings. The van der Waals surface area contributed by atoms with Crippen LogP contribution in [-0.4, -0.2) is 22.4 Å². The Hall–Kier alpha value is -3.41. The number of hydrogen-bond acceptors (Lipinski definition) is 5. The molecule has 0 spiro atoms. The molecule has 3 rings (SSSR count). The molecule has 0 bridgehead atoms. The van der Waals surface area contributed by atoms with E-state index in [9.17, 15) is 4.79 Å². The topological polar surface area (TPSA) is 92.9 Å². The minimum Gasteiger partial charge on any atom is -0.398 e. The zero-order valence-corrected chi connectivity index (χ0v) is 17.1. The van der Waals surface area contributed by atoms with Crippen LogP contribution in [0.2, 0.25) is 0 Å². The van der Waals surface area contributed by atoms with Gasteiger partial charge in [-0.1, -0.05) is 32.4 Å². The molecule has 0 saturated carbocycles. The molecule has 1 unspecified atom stereocenters. The van der Waals surface area contributed by atoms with Gasteiger partial charge in [0, 0.05) is 35.2 Å². The Labute approximate surface area is 171 Å². The number of carbonyl (C=O) groups excluding carboxylic acids is 1. The smallest absolute Gasteiger partial charge is 0.251 e. The van der Waals surface area contributed by atoms with Gasteiger partial charge in [-0.2, -0.15) is 0 Å². The lowest BCUT2D eigenvalue weighted by Crippen LogP contribution is -2.27. The molecule has 6 nitrogen and oxygen atoms in total. The van der Waals surface area contributed by atoms with Crippen molar-refractivity contribution in [3.63, 3.8) is 0 Å². The van der Waals surface area contributed by atoms with Crippen LogP contribution >= 0.6 is 0 Å². The van der Waals surface area contributed by atoms with Crippen molar-refractivity contribution in [2.75, 3.05) is 17.6 Å². The van der Waals surface area contributed by atoms with Gasteiger partial charge in [0.15, 0.2) is 0 Å². The molecular formula is C23H27N5O. The molecule has 0 aliphatic heterocycles. The highest BCUT2D eigenvalue weighted by Crippen LogP contribution is 2.26. The summed E-state index contributed by atoms with van der Waals surface area (Å²) in [5, 5.41) is 6.15. The maximum Gasteiger partial charge on any atom is 0.251 e. The van der Waals surface area contributed by atoms with Crippen LogP contribution in [0.15, 0.2) is 54.7 Å². The number of hydrogen-bond donors (Lipinski definition) is 3. The van der Waals surface area contributed by atoms with Gasteiger partial charge in [-0.15, -0.1) is 0 Å². The van der Waals surface area contributed by atoms with Gasteiger partial charge < -0.3 is 16.4 Å². The van der Waals surface area contributed by atoms with Gasteiger partial charge in [-0.05, 0) is 54.8 Å². The number of nitrogens with one attached hydrogen (secondary N) is 2. The molecular weight excluding hydrogens is 362 g/mol. The molecule has 1 heterocycles. The number of rotatable bonds is 7. The first-order valence-corrected chi connectivity index (χ1v) is 9.81. The fourth-order valence-electron chi connectivity index (χ4n) is 2.85. The lowest BCUT2D eigenvalue weighted by molar-refractivity contribution is 0.0948. The predicted octanol–water partition coefficient (Wildman–Crippen LogP) is 4.55. The summed E-state index contributed by atoms with van der Waals surface area (Å²) in [7, 11) is 0. The van der Waals surface area contributed by atoms with E-state index in [1.54, 1.807) is 18.3 Å². The summed E-state index contributed by atoms with van der Waals surface area (Å²) in [6.45, 7) is 6.89. The van der Waals surface area contributed by atoms with Crippen molar-refractivity contribution < 1.29 is 4.79 Å². The van der Waals surface area contributed by atoms with Gasteiger partial charge in [-0.3, -0.25) is 4.79 Å². The normalized spacial score (nSPS) is 11.7. The van der Waals surface area contributed by atoms with Crippen molar-refractivity contribution in [1.82, 2.24) is 15.3 Å². The van der Waals surface area contributed by atoms with Gasteiger partial charge in [-0.25, -0.2) is 9.97 Å². The first-order valence-electron chi connectivity index (χ1n) is 9.81. The molecule has 0 aliphatic carbocycles. The summed E-state index contributed by atoms with van der Waals surface area (Å²) in [6, 6.07) is 14.9. The Balaban J connectivity index is 1.71. The van der Waals surface area contributed by atoms with E-state index in [1.165, 1.54) is 0 Å². The summed E-state index contributed by atoms with van der Waals surface area (Å²) in [4.78, 5) is 21.1. The minimum absolute atomic E-state index is 0.0627. The second-order valence-corrected chi connectivity index (χ2v) is 7.21. The number of amides is 1. The van der Waals surface area contributed by atoms with Crippen LogP contribution in [-0.2, 0) is 0 Å². The summed E-state index contributed by atoms with van der Waals surface area (Å²) < 4.78 is 0. The summed E-state index contributed by atoms with van der Waals surface area (Å²) >= 11 is 0. The maximum atomic E-state index is 12.2. The van der Waals surface area contributed by atoms with Crippen LogP contribution in [0.5, 0.6) is 0 Å². The lowest BCUT2D eigenvalue weighted by Gasteiger charge is -2.11. The second kappa shape index (κ2) is 9.19. The number of aromatic nitrogens is 2. The molecule has 3 aromatic rings. The van der Waals surface area contributed by atoms with E-state index < -0.39 is 0 Å². The summed E-state index contributed by atoms with van der Waals surface area (Å²) in [5.41, 5.74) is 11.0. The van der Waals surface area contributed by atoms with E-state index in [0.29, 0.717) is 24.0 Å². The highest BCUT2D eigenvalue weighted by Gasteiger charge is 2.09. The molecule has 0 saturated heterocycles. The Morgan fingerprint density at radius 1 is 1.14 bits per heavy atom. The Morgan fingerprint density at radius 2 is 1.90 bits per heavy atom. The number of anilines is 3. The van der Waals surface area contributed by atoms with Crippen molar-refractivity contribution in [1.29, 1.82) is 0 Å². The van der Waals surface area contributed by atoms with Crippen LogP contribution in [0.25, 0.3) is 11.3 Å². The van der Waals surface area contributed by atoms with Crippen LogP contribution < -0.4 is 16.4 Å². The number of nitrogens with zero attached hydrogens (tertiary/aromatic N) is 2. The molecule has 6 heteroatoms. The van der Waals surface area contributed by atoms with Crippen molar-refractivity contribution >= 4 is 23.2 Å². The average Bonchev–Trinajstić information content (AvgIpc) is 2.74. The predicted molar refractivity (Wildman–Crippen MR) is 118 cm³/mol. The molecule has 0 fully saturated rings. The van der Waals surface area contributed by atoms with Crippen molar-refractivity contribution in [2.24, 2.45) is 5.92 Å². The molecule has 0 radical (unpaired) electrons. The lowest BCUT2D eigenvalue weighted by atomic mass is 10.0. The van der Waals surface area contributed by atoms with Crippen LogP contribution in [0.3, 0.4) is 0 Å². The van der Waals surface area contributed by atoms with Crippen molar-refractivity contribution in [3.8, 4) is 11.3 Å². The van der Waals surface area contributed by atoms with E-state index >= 15 is 0 Å². The third kappa shape index (κ3) is 5.10. The molecule has 150 valence electrons. The maximum absolute atomic E-state index is 12.2. The monoisotopic (exact) mass is 389 g/mol. The zero-order valence-electron chi connectivity index (χ0n) is 17.1. The first-order chi connectivity index (χ1) is 14.0. The van der Waals surface area contributed by atoms with Crippen molar-refractivity contribution in [3.05, 3.63) is 65.9 Å². The van der Waals surface area contributed by atoms with Gasteiger partial charge in [0.2, 0.25) is 5.95 Å². The molecule has 1 amide bonds. The molecule has 29 heavy (non-hydrogen) atoms. The number of carbonyl (C=O) groups is 1. The molecule has 1 atom stereocenters. The van der Waals surface area contributed by atoms with Gasteiger partial charge in [0.1, 0.15) is 0 Å². The third-order valence-electron chi connectivity index (χ3n) is 5.02. The highest BCUT2D eigenvalue weighted by molar-refractivity contribution is 5.94. The van der Waals surface area contributed by atoms with Gasteiger partial charge in [0.25, 0.3) is 5.91 Å². The molecule has 1 aromatic heterocycles. The van der Waals surface area contributed by atoms with Crippen LogP contribution in [0.4, 0.5) is 17.3 Å². The fraction of sp³-hybridized carbons (Fsp3) is 0.261. The first kappa shape index (κ1) is 20.3. The zero-order chi connectivity index (χ0) is 20.8. The minimum atomic E-state index is -0.0627. The van der Waals surface area contributed by atoms with Crippen LogP contribution in [0.1, 0.15) is 36.2 Å². The second-order valence-electron chi connectivity index (χ2n) is 7.21. The summed E-state index contributed by atoms with van der Waals surface area (Å²) in [6.07, 6.45) is 2.75. The van der Waals surface area contributed by atoms with E-state index in [2.05, 4.69) is 34.4 Å². The quantitative estimate of drug-likeness (QED) is 0.515. The van der Waals surface area contributed by atoms with E-state index in [1.807, 2.05) is 43.3 Å².